The molecule has 2 aliphatic carbocycles. The minimum Gasteiger partial charge on any atom is -0.348 e. The van der Waals surface area contributed by atoms with Crippen LogP contribution in [-0.4, -0.2) is 19.0 Å². The molecule has 178 valence electrons. The minimum absolute atomic E-state index is 0.163. The number of ether oxygens (including phenoxy) is 2. The summed E-state index contributed by atoms with van der Waals surface area (Å²) in [6, 6.07) is 15.7. The molecule has 0 aromatic heterocycles. The summed E-state index contributed by atoms with van der Waals surface area (Å²) in [6.07, 6.45) is 12.9. The fourth-order valence-corrected chi connectivity index (χ4v) is 5.57. The lowest BCUT2D eigenvalue weighted by Crippen LogP contribution is -2.34. The maximum absolute atomic E-state index is 12.9. The van der Waals surface area contributed by atoms with Crippen LogP contribution in [-0.2, 0) is 15.9 Å². The van der Waals surface area contributed by atoms with Gasteiger partial charge in [-0.25, -0.2) is 4.39 Å². The second-order valence-corrected chi connectivity index (χ2v) is 10.2. The van der Waals surface area contributed by atoms with Crippen LogP contribution in [0.15, 0.2) is 55.1 Å². The van der Waals surface area contributed by atoms with Crippen molar-refractivity contribution in [2.45, 2.75) is 76.4 Å². The van der Waals surface area contributed by atoms with Gasteiger partial charge in [-0.15, -0.1) is 0 Å². The fraction of sp³-hybridized carbons (Fsp3) is 0.533. The third-order valence-electron chi connectivity index (χ3n) is 7.78. The number of rotatable bonds is 4. The van der Waals surface area contributed by atoms with Gasteiger partial charge in [0.05, 0.1) is 13.2 Å². The predicted octanol–water partition coefficient (Wildman–Crippen LogP) is 7.92. The Bertz CT molecular complexity index is 849. The Kier molecular flexibility index (Phi) is 8.38. The Labute approximate surface area is 199 Å². The molecule has 2 saturated carbocycles. The molecule has 3 heteroatoms. The second kappa shape index (κ2) is 11.4. The van der Waals surface area contributed by atoms with Gasteiger partial charge >= 0.3 is 0 Å². The Morgan fingerprint density at radius 3 is 2.06 bits per heavy atom. The van der Waals surface area contributed by atoms with Crippen molar-refractivity contribution in [3.63, 3.8) is 0 Å². The number of benzene rings is 2. The van der Waals surface area contributed by atoms with Gasteiger partial charge < -0.3 is 9.47 Å². The highest BCUT2D eigenvalue weighted by atomic mass is 19.1. The maximum Gasteiger partial charge on any atom is 0.168 e. The van der Waals surface area contributed by atoms with E-state index in [0.29, 0.717) is 5.92 Å². The second-order valence-electron chi connectivity index (χ2n) is 10.2. The molecule has 2 aromatic carbocycles. The molecule has 5 rings (SSSR count). The first kappa shape index (κ1) is 24.2. The van der Waals surface area contributed by atoms with Gasteiger partial charge in [0, 0.05) is 12.8 Å². The van der Waals surface area contributed by atoms with E-state index in [1.807, 2.05) is 18.2 Å². The van der Waals surface area contributed by atoms with Crippen molar-refractivity contribution in [3.8, 4) is 0 Å². The summed E-state index contributed by atoms with van der Waals surface area (Å²) in [6.45, 7) is 7.62. The summed E-state index contributed by atoms with van der Waals surface area (Å²) in [7, 11) is 0. The summed E-state index contributed by atoms with van der Waals surface area (Å²) in [5.74, 6) is 1.94. The third-order valence-corrected chi connectivity index (χ3v) is 7.78. The van der Waals surface area contributed by atoms with Crippen molar-refractivity contribution in [1.29, 1.82) is 0 Å². The van der Waals surface area contributed by atoms with E-state index in [9.17, 15) is 4.39 Å². The molecule has 3 aliphatic rings. The monoisotopic (exact) mass is 450 g/mol. The van der Waals surface area contributed by atoms with Crippen LogP contribution in [0.3, 0.4) is 0 Å². The highest BCUT2D eigenvalue weighted by molar-refractivity contribution is 5.47. The number of hydrogen-bond acceptors (Lipinski definition) is 2. The first-order valence-electron chi connectivity index (χ1n) is 12.8. The Balaban J connectivity index is 0.000000157. The van der Waals surface area contributed by atoms with E-state index in [0.717, 1.165) is 50.7 Å². The smallest absolute Gasteiger partial charge is 0.168 e. The van der Waals surface area contributed by atoms with E-state index in [2.05, 4.69) is 37.8 Å². The molecule has 1 heterocycles. The number of hydrogen-bond donors (Lipinski definition) is 0. The average molecular weight is 451 g/mol. The van der Waals surface area contributed by atoms with E-state index in [1.54, 1.807) is 12.1 Å². The van der Waals surface area contributed by atoms with E-state index < -0.39 is 0 Å². The van der Waals surface area contributed by atoms with E-state index in [1.165, 1.54) is 48.8 Å². The van der Waals surface area contributed by atoms with Gasteiger partial charge in [-0.2, -0.15) is 0 Å². The molecule has 2 aromatic rings. The molecule has 3 fully saturated rings. The van der Waals surface area contributed by atoms with Crippen LogP contribution in [0.4, 0.5) is 4.39 Å². The summed E-state index contributed by atoms with van der Waals surface area (Å²) >= 11 is 0. The van der Waals surface area contributed by atoms with E-state index in [4.69, 9.17) is 9.47 Å². The molecule has 0 amide bonds. The van der Waals surface area contributed by atoms with Crippen LogP contribution in [0.25, 0.3) is 6.08 Å². The van der Waals surface area contributed by atoms with Crippen molar-refractivity contribution >= 4 is 6.08 Å². The Morgan fingerprint density at radius 2 is 1.48 bits per heavy atom. The van der Waals surface area contributed by atoms with Crippen molar-refractivity contribution < 1.29 is 13.9 Å². The van der Waals surface area contributed by atoms with Gasteiger partial charge in [0.15, 0.2) is 5.79 Å². The van der Waals surface area contributed by atoms with Crippen molar-refractivity contribution in [2.24, 2.45) is 11.8 Å². The van der Waals surface area contributed by atoms with Crippen LogP contribution >= 0.6 is 0 Å². The summed E-state index contributed by atoms with van der Waals surface area (Å²) in [5.41, 5.74) is 3.95. The number of halogens is 1. The molecular weight excluding hydrogens is 411 g/mol. The van der Waals surface area contributed by atoms with E-state index >= 15 is 0 Å². The molecule has 2 nitrogen and oxygen atoms in total. The van der Waals surface area contributed by atoms with Crippen LogP contribution in [0, 0.1) is 17.7 Å². The van der Waals surface area contributed by atoms with Gasteiger partial charge in [-0.05, 0) is 78.7 Å². The van der Waals surface area contributed by atoms with Crippen LogP contribution < -0.4 is 0 Å². The third kappa shape index (κ3) is 6.77. The quantitative estimate of drug-likeness (QED) is 0.471. The fourth-order valence-electron chi connectivity index (χ4n) is 5.57. The van der Waals surface area contributed by atoms with E-state index in [-0.39, 0.29) is 11.6 Å². The first-order valence-corrected chi connectivity index (χ1v) is 12.8. The standard InChI is InChI=1S/C16H22.C14H17FO2/c1-3-14-8-10-16(11-9-14)12-15-6-4-13(2)5-7-15;15-13-3-1-11(2-4-13)12-5-7-14(8-6-12)16-9-10-17-14/h3,8-11,13,15H,1,4-7,12H2,2H3;1-4,12H,5-10H2. The normalized spacial score (nSPS) is 24.8. The largest absolute Gasteiger partial charge is 0.348 e. The van der Waals surface area contributed by atoms with Gasteiger partial charge in [-0.1, -0.05) is 68.8 Å². The molecule has 0 atom stereocenters. The zero-order valence-electron chi connectivity index (χ0n) is 20.1. The lowest BCUT2D eigenvalue weighted by molar-refractivity contribution is -0.178. The average Bonchev–Trinajstić information content (AvgIpc) is 3.30. The van der Waals surface area contributed by atoms with Gasteiger partial charge in [-0.3, -0.25) is 0 Å². The topological polar surface area (TPSA) is 18.5 Å². The van der Waals surface area contributed by atoms with Crippen LogP contribution in [0.1, 0.15) is 80.9 Å². The highest BCUT2D eigenvalue weighted by Gasteiger charge is 2.40. The van der Waals surface area contributed by atoms with Gasteiger partial charge in [0.2, 0.25) is 0 Å². The van der Waals surface area contributed by atoms with Crippen molar-refractivity contribution in [1.82, 2.24) is 0 Å². The highest BCUT2D eigenvalue weighted by Crippen LogP contribution is 2.42. The summed E-state index contributed by atoms with van der Waals surface area (Å²) < 4.78 is 24.3. The maximum atomic E-state index is 12.9. The van der Waals surface area contributed by atoms with Gasteiger partial charge in [0.1, 0.15) is 5.82 Å². The first-order chi connectivity index (χ1) is 16.0. The lowest BCUT2D eigenvalue weighted by atomic mass is 9.80. The van der Waals surface area contributed by atoms with Crippen LogP contribution in [0.5, 0.6) is 0 Å². The van der Waals surface area contributed by atoms with Gasteiger partial charge in [0.25, 0.3) is 0 Å². The van der Waals surface area contributed by atoms with Crippen LogP contribution in [0.2, 0.25) is 0 Å². The summed E-state index contributed by atoms with van der Waals surface area (Å²) in [5, 5.41) is 0. The minimum atomic E-state index is -0.295. The lowest BCUT2D eigenvalue weighted by Gasteiger charge is -2.35. The molecule has 33 heavy (non-hydrogen) atoms. The zero-order chi connectivity index (χ0) is 23.1. The molecule has 1 spiro atoms. The molecule has 0 unspecified atom stereocenters. The van der Waals surface area contributed by atoms with Crippen molar-refractivity contribution in [3.05, 3.63) is 77.6 Å². The van der Waals surface area contributed by atoms with Crippen molar-refractivity contribution in [2.75, 3.05) is 13.2 Å². The molecule has 1 saturated heterocycles. The summed E-state index contributed by atoms with van der Waals surface area (Å²) in [4.78, 5) is 0. The molecule has 0 N–H and O–H groups in total. The SMILES string of the molecule is C=Cc1ccc(CC2CCC(C)CC2)cc1.Fc1ccc(C2CCC3(CC2)OCCO3)cc1. The Hall–Kier alpha value is -1.97. The zero-order valence-corrected chi connectivity index (χ0v) is 20.1. The molecule has 0 radical (unpaired) electrons. The Morgan fingerprint density at radius 1 is 0.879 bits per heavy atom. The molecular formula is C30H39FO2. The molecule has 1 aliphatic heterocycles. The predicted molar refractivity (Wildman–Crippen MR) is 134 cm³/mol. The molecule has 0 bridgehead atoms.